The van der Waals surface area contributed by atoms with Gasteiger partial charge < -0.3 is 9.64 Å². The number of quaternary nitrogens is 1. The van der Waals surface area contributed by atoms with Crippen molar-refractivity contribution in [3.8, 4) is 6.07 Å². The molecule has 26 heavy (non-hydrogen) atoms. The molecule has 2 rings (SSSR count). The maximum absolute atomic E-state index is 9.86. The molecule has 2 heterocycles. The standard InChI is InChI=1S/C21H34N4O/c1-7-25(8-2)10-9-23-20-17(13-22)16-12-21(5,6)26-14-18(16)19(24-20)11-15(3)4/h15H,7-12,14H2,1-6H3,(H,23,24)/p+2. The minimum absolute atomic E-state index is 0.225. The number of nitrogens with zero attached hydrogens (tertiary/aromatic N) is 1. The molecule has 3 N–H and O–H groups in total. The summed E-state index contributed by atoms with van der Waals surface area (Å²) >= 11 is 0. The molecular formula is C21H36N4O+2. The number of hydrogen-bond donors (Lipinski definition) is 2. The summed E-state index contributed by atoms with van der Waals surface area (Å²) in [4.78, 5) is 5.10. The molecule has 0 unspecified atom stereocenters. The van der Waals surface area contributed by atoms with Crippen LogP contribution >= 0.6 is 0 Å². The van der Waals surface area contributed by atoms with Gasteiger partial charge in [-0.1, -0.05) is 13.8 Å². The van der Waals surface area contributed by atoms with E-state index in [1.165, 1.54) is 11.3 Å². The van der Waals surface area contributed by atoms with Crippen LogP contribution in [0.2, 0.25) is 0 Å². The van der Waals surface area contributed by atoms with Gasteiger partial charge in [0, 0.05) is 18.4 Å². The third-order valence-corrected chi connectivity index (χ3v) is 5.27. The van der Waals surface area contributed by atoms with Crippen molar-refractivity contribution in [1.29, 1.82) is 5.26 Å². The van der Waals surface area contributed by atoms with E-state index in [2.05, 4.69) is 57.9 Å². The Kier molecular flexibility index (Phi) is 7.02. The van der Waals surface area contributed by atoms with Crippen LogP contribution in [0, 0.1) is 17.2 Å². The normalized spacial score (nSPS) is 15.8. The van der Waals surface area contributed by atoms with E-state index in [1.807, 2.05) is 0 Å². The molecular weight excluding hydrogens is 324 g/mol. The fourth-order valence-corrected chi connectivity index (χ4v) is 3.69. The number of fused-ring (bicyclic) bond motifs is 1. The summed E-state index contributed by atoms with van der Waals surface area (Å²) in [5.74, 6) is 1.43. The van der Waals surface area contributed by atoms with E-state index in [-0.39, 0.29) is 5.60 Å². The second kappa shape index (κ2) is 8.83. The highest BCUT2D eigenvalue weighted by atomic mass is 16.5. The molecule has 0 fully saturated rings. The van der Waals surface area contributed by atoms with E-state index in [4.69, 9.17) is 4.74 Å². The number of likely N-dealkylation sites (N-methyl/N-ethyl adjacent to an activating group) is 1. The molecule has 0 aromatic carbocycles. The number of aromatic amines is 1. The summed E-state index contributed by atoms with van der Waals surface area (Å²) in [6, 6.07) is 2.45. The number of rotatable bonds is 8. The van der Waals surface area contributed by atoms with Gasteiger partial charge in [0.25, 0.3) is 5.82 Å². The molecule has 0 aliphatic carbocycles. The molecule has 1 aliphatic rings. The van der Waals surface area contributed by atoms with E-state index in [9.17, 15) is 5.26 Å². The van der Waals surface area contributed by atoms with E-state index in [0.29, 0.717) is 12.5 Å². The van der Waals surface area contributed by atoms with E-state index in [0.717, 1.165) is 56.0 Å². The number of hydrogen-bond acceptors (Lipinski definition) is 3. The summed E-state index contributed by atoms with van der Waals surface area (Å²) in [5.41, 5.74) is 4.10. The third kappa shape index (κ3) is 4.96. The zero-order valence-corrected chi connectivity index (χ0v) is 17.4. The van der Waals surface area contributed by atoms with Crippen LogP contribution in [0.1, 0.15) is 63.9 Å². The van der Waals surface area contributed by atoms with E-state index < -0.39 is 0 Å². The Balaban J connectivity index is 2.36. The molecule has 1 aliphatic heterocycles. The highest BCUT2D eigenvalue weighted by Crippen LogP contribution is 2.33. The van der Waals surface area contributed by atoms with Crippen molar-refractivity contribution in [2.45, 2.75) is 66.6 Å². The van der Waals surface area contributed by atoms with Gasteiger partial charge in [0.1, 0.15) is 30.4 Å². The Labute approximate surface area is 158 Å². The van der Waals surface area contributed by atoms with Gasteiger partial charge in [0.2, 0.25) is 0 Å². The maximum atomic E-state index is 9.86. The van der Waals surface area contributed by atoms with Crippen LogP contribution in [-0.2, 0) is 24.2 Å². The first-order valence-electron chi connectivity index (χ1n) is 10.0. The average Bonchev–Trinajstić information content (AvgIpc) is 2.57. The summed E-state index contributed by atoms with van der Waals surface area (Å²) in [7, 11) is 0. The van der Waals surface area contributed by atoms with Crippen molar-refractivity contribution in [3.05, 3.63) is 22.4 Å². The maximum Gasteiger partial charge on any atom is 0.291 e. The lowest BCUT2D eigenvalue weighted by Gasteiger charge is -2.33. The first-order chi connectivity index (χ1) is 12.3. The zero-order chi connectivity index (χ0) is 19.3. The SMILES string of the molecule is CC[NH+](CC)CCNc1[nH+]c(CC(C)C)c2c(c1C#N)CC(C)(C)OC2. The molecule has 0 amide bonds. The van der Waals surface area contributed by atoms with Crippen LogP contribution in [0.15, 0.2) is 0 Å². The Morgan fingerprint density at radius 1 is 1.27 bits per heavy atom. The predicted molar refractivity (Wildman–Crippen MR) is 104 cm³/mol. The number of anilines is 1. The third-order valence-electron chi connectivity index (χ3n) is 5.27. The average molecular weight is 361 g/mol. The molecule has 0 spiro atoms. The zero-order valence-electron chi connectivity index (χ0n) is 17.4. The lowest BCUT2D eigenvalue weighted by atomic mass is 9.87. The van der Waals surface area contributed by atoms with Gasteiger partial charge >= 0.3 is 0 Å². The fourth-order valence-electron chi connectivity index (χ4n) is 3.69. The first kappa shape index (κ1) is 20.7. The Hall–Kier alpha value is -1.64. The van der Waals surface area contributed by atoms with Crippen molar-refractivity contribution < 1.29 is 14.6 Å². The smallest absolute Gasteiger partial charge is 0.291 e. The van der Waals surface area contributed by atoms with Crippen LogP contribution in [0.4, 0.5) is 5.82 Å². The van der Waals surface area contributed by atoms with Gasteiger partial charge in [-0.25, -0.2) is 4.98 Å². The number of aromatic nitrogens is 1. The van der Waals surface area contributed by atoms with Gasteiger partial charge in [0.05, 0.1) is 25.3 Å². The Morgan fingerprint density at radius 2 is 1.96 bits per heavy atom. The first-order valence-corrected chi connectivity index (χ1v) is 10.0. The second-order valence-electron chi connectivity index (χ2n) is 8.38. The van der Waals surface area contributed by atoms with Crippen LogP contribution in [0.25, 0.3) is 0 Å². The monoisotopic (exact) mass is 360 g/mol. The van der Waals surface area contributed by atoms with Crippen molar-refractivity contribution in [2.24, 2.45) is 5.92 Å². The Bertz CT molecular complexity index is 657. The van der Waals surface area contributed by atoms with Gasteiger partial charge in [-0.05, 0) is 39.2 Å². The minimum atomic E-state index is -0.225. The van der Waals surface area contributed by atoms with Gasteiger partial charge in [-0.2, -0.15) is 5.26 Å². The van der Waals surface area contributed by atoms with Gasteiger partial charge in [0.15, 0.2) is 0 Å². The van der Waals surface area contributed by atoms with Gasteiger partial charge in [-0.15, -0.1) is 0 Å². The molecule has 0 radical (unpaired) electrons. The molecule has 0 saturated heterocycles. The predicted octanol–water partition coefficient (Wildman–Crippen LogP) is 1.76. The van der Waals surface area contributed by atoms with Gasteiger partial charge in [-0.3, -0.25) is 5.32 Å². The fraction of sp³-hybridized carbons (Fsp3) is 0.714. The minimum Gasteiger partial charge on any atom is -0.370 e. The highest BCUT2D eigenvalue weighted by Gasteiger charge is 2.33. The largest absolute Gasteiger partial charge is 0.370 e. The van der Waals surface area contributed by atoms with Crippen molar-refractivity contribution in [2.75, 3.05) is 31.5 Å². The number of H-pyrrole nitrogens is 1. The number of pyridine rings is 1. The molecule has 0 bridgehead atoms. The summed E-state index contributed by atoms with van der Waals surface area (Å²) in [5, 5.41) is 13.4. The van der Waals surface area contributed by atoms with Crippen LogP contribution < -0.4 is 15.2 Å². The quantitative estimate of drug-likeness (QED) is 0.742. The lowest BCUT2D eigenvalue weighted by Crippen LogP contribution is -3.12. The highest BCUT2D eigenvalue weighted by molar-refractivity contribution is 5.56. The molecule has 1 aromatic heterocycles. The number of ether oxygens (including phenoxy) is 1. The number of nitrogens with one attached hydrogen (secondary N) is 3. The van der Waals surface area contributed by atoms with Crippen molar-refractivity contribution in [1.82, 2.24) is 0 Å². The molecule has 0 atom stereocenters. The molecule has 144 valence electrons. The summed E-state index contributed by atoms with van der Waals surface area (Å²) < 4.78 is 6.04. The number of nitriles is 1. The van der Waals surface area contributed by atoms with E-state index >= 15 is 0 Å². The van der Waals surface area contributed by atoms with Crippen molar-refractivity contribution in [3.63, 3.8) is 0 Å². The lowest BCUT2D eigenvalue weighted by molar-refractivity contribution is -0.894. The molecule has 0 saturated carbocycles. The van der Waals surface area contributed by atoms with Crippen LogP contribution in [0.3, 0.4) is 0 Å². The summed E-state index contributed by atoms with van der Waals surface area (Å²) in [6.07, 6.45) is 1.74. The Morgan fingerprint density at radius 3 is 2.54 bits per heavy atom. The topological polar surface area (TPSA) is 63.6 Å². The van der Waals surface area contributed by atoms with Crippen LogP contribution in [-0.4, -0.2) is 31.8 Å². The molecule has 5 heteroatoms. The second-order valence-corrected chi connectivity index (χ2v) is 8.38. The molecule has 5 nitrogen and oxygen atoms in total. The van der Waals surface area contributed by atoms with Crippen LogP contribution in [0.5, 0.6) is 0 Å². The summed E-state index contributed by atoms with van der Waals surface area (Å²) in [6.45, 7) is 17.8. The van der Waals surface area contributed by atoms with E-state index in [1.54, 1.807) is 4.90 Å². The van der Waals surface area contributed by atoms with Crippen molar-refractivity contribution >= 4 is 5.82 Å². The molecule has 1 aromatic rings.